The normalized spacial score (nSPS) is 17.4. The third kappa shape index (κ3) is 1.83. The molecule has 0 aromatic carbocycles. The van der Waals surface area contributed by atoms with Crippen LogP contribution in [0.3, 0.4) is 0 Å². The Morgan fingerprint density at radius 3 is 2.60 bits per heavy atom. The van der Waals surface area contributed by atoms with Gasteiger partial charge in [-0.25, -0.2) is 0 Å². The summed E-state index contributed by atoms with van der Waals surface area (Å²) < 4.78 is 2.01. The summed E-state index contributed by atoms with van der Waals surface area (Å²) in [7, 11) is 0. The van der Waals surface area contributed by atoms with Crippen LogP contribution in [-0.4, -0.2) is 15.6 Å². The van der Waals surface area contributed by atoms with Gasteiger partial charge in [0.15, 0.2) is 5.78 Å². The van der Waals surface area contributed by atoms with Gasteiger partial charge in [0, 0.05) is 12.1 Å². The maximum absolute atomic E-state index is 11.8. The monoisotopic (exact) mass is 206 g/mol. The summed E-state index contributed by atoms with van der Waals surface area (Å²) in [4.78, 5) is 11.8. The quantitative estimate of drug-likeness (QED) is 0.611. The third-order valence-electron chi connectivity index (χ3n) is 2.87. The molecule has 0 fully saturated rings. The Hall–Kier alpha value is -1.12. The molecule has 0 bridgehead atoms. The van der Waals surface area contributed by atoms with Crippen molar-refractivity contribution in [3.63, 3.8) is 0 Å². The fourth-order valence-corrected chi connectivity index (χ4v) is 2.14. The van der Waals surface area contributed by atoms with E-state index in [4.69, 9.17) is 0 Å². The second-order valence-corrected chi connectivity index (χ2v) is 5.22. The highest BCUT2D eigenvalue weighted by atomic mass is 16.1. The minimum absolute atomic E-state index is 0.0296. The molecule has 0 aliphatic heterocycles. The maximum Gasteiger partial charge on any atom is 0.166 e. The number of rotatable bonds is 0. The minimum Gasteiger partial charge on any atom is -0.294 e. The minimum atomic E-state index is -0.0296. The van der Waals surface area contributed by atoms with Gasteiger partial charge in [-0.2, -0.15) is 5.10 Å². The molecule has 15 heavy (non-hydrogen) atoms. The number of carbonyl (C=O) groups is 1. The molecule has 1 aliphatic carbocycles. The Balaban J connectivity index is 2.49. The van der Waals surface area contributed by atoms with Crippen LogP contribution in [0.4, 0.5) is 0 Å². The first-order valence-corrected chi connectivity index (χ1v) is 5.61. The van der Waals surface area contributed by atoms with Gasteiger partial charge in [-0.05, 0) is 40.0 Å². The van der Waals surface area contributed by atoms with Gasteiger partial charge in [0.2, 0.25) is 0 Å². The van der Waals surface area contributed by atoms with E-state index < -0.39 is 0 Å². The first-order valence-electron chi connectivity index (χ1n) is 5.61. The second-order valence-electron chi connectivity index (χ2n) is 5.22. The first kappa shape index (κ1) is 10.4. The van der Waals surface area contributed by atoms with E-state index in [2.05, 4.69) is 25.9 Å². The molecule has 0 N–H and O–H groups in total. The van der Waals surface area contributed by atoms with Crippen molar-refractivity contribution in [1.82, 2.24) is 9.78 Å². The molecule has 0 saturated heterocycles. The van der Waals surface area contributed by atoms with Crippen LogP contribution in [0.15, 0.2) is 6.20 Å². The van der Waals surface area contributed by atoms with Crippen LogP contribution in [0.5, 0.6) is 0 Å². The van der Waals surface area contributed by atoms with Crippen LogP contribution in [0.2, 0.25) is 0 Å². The lowest BCUT2D eigenvalue weighted by Crippen LogP contribution is -2.25. The molecule has 1 aromatic heterocycles. The fourth-order valence-electron chi connectivity index (χ4n) is 2.14. The SMILES string of the molecule is CC(C)(C)n1ncc2c1CCCCC2=O. The van der Waals surface area contributed by atoms with Crippen LogP contribution < -0.4 is 0 Å². The van der Waals surface area contributed by atoms with Crippen molar-refractivity contribution in [2.75, 3.05) is 0 Å². The molecule has 0 atom stereocenters. The zero-order chi connectivity index (χ0) is 11.1. The molecule has 0 amide bonds. The summed E-state index contributed by atoms with van der Waals surface area (Å²) in [6, 6.07) is 0. The molecule has 0 spiro atoms. The van der Waals surface area contributed by atoms with Crippen LogP contribution in [0.1, 0.15) is 56.1 Å². The zero-order valence-corrected chi connectivity index (χ0v) is 9.71. The van der Waals surface area contributed by atoms with Crippen LogP contribution in [-0.2, 0) is 12.0 Å². The predicted octanol–water partition coefficient (Wildman–Crippen LogP) is 2.55. The molecule has 3 nitrogen and oxygen atoms in total. The molecular formula is C12H18N2O. The van der Waals surface area contributed by atoms with Crippen molar-refractivity contribution >= 4 is 5.78 Å². The van der Waals surface area contributed by atoms with Crippen molar-refractivity contribution in [1.29, 1.82) is 0 Å². The summed E-state index contributed by atoms with van der Waals surface area (Å²) in [5.74, 6) is 0.262. The first-order chi connectivity index (χ1) is 7.00. The number of aromatic nitrogens is 2. The van der Waals surface area contributed by atoms with Gasteiger partial charge in [-0.3, -0.25) is 9.48 Å². The smallest absolute Gasteiger partial charge is 0.166 e. The lowest BCUT2D eigenvalue weighted by Gasteiger charge is -2.22. The summed E-state index contributed by atoms with van der Waals surface area (Å²) in [5.41, 5.74) is 1.95. The van der Waals surface area contributed by atoms with Gasteiger partial charge in [-0.15, -0.1) is 0 Å². The van der Waals surface area contributed by atoms with E-state index in [0.29, 0.717) is 6.42 Å². The standard InChI is InChI=1S/C12H18N2O/c1-12(2,3)14-10-6-4-5-7-11(15)9(10)8-13-14/h8H,4-7H2,1-3H3. The number of hydrogen-bond donors (Lipinski definition) is 0. The Morgan fingerprint density at radius 2 is 1.93 bits per heavy atom. The van der Waals surface area contributed by atoms with Gasteiger partial charge >= 0.3 is 0 Å². The van der Waals surface area contributed by atoms with Crippen LogP contribution >= 0.6 is 0 Å². The maximum atomic E-state index is 11.8. The number of carbonyl (C=O) groups excluding carboxylic acids is 1. The molecular weight excluding hydrogens is 188 g/mol. The van der Waals surface area contributed by atoms with E-state index in [-0.39, 0.29) is 11.3 Å². The van der Waals surface area contributed by atoms with Gasteiger partial charge in [0.1, 0.15) is 0 Å². The number of Topliss-reactive ketones (excluding diaryl/α,β-unsaturated/α-hetero) is 1. The molecule has 0 unspecified atom stereocenters. The highest BCUT2D eigenvalue weighted by Gasteiger charge is 2.25. The summed E-state index contributed by atoms with van der Waals surface area (Å²) in [5, 5.41) is 4.36. The Morgan fingerprint density at radius 1 is 1.27 bits per heavy atom. The van der Waals surface area contributed by atoms with Crippen LogP contribution in [0, 0.1) is 0 Å². The Bertz CT molecular complexity index is 385. The fraction of sp³-hybridized carbons (Fsp3) is 0.667. The lowest BCUT2D eigenvalue weighted by atomic mass is 10.1. The molecule has 1 heterocycles. The average Bonchev–Trinajstić information content (AvgIpc) is 2.48. The summed E-state index contributed by atoms with van der Waals surface area (Å²) in [6.07, 6.45) is 5.52. The highest BCUT2D eigenvalue weighted by Crippen LogP contribution is 2.25. The van der Waals surface area contributed by atoms with E-state index in [1.54, 1.807) is 6.20 Å². The zero-order valence-electron chi connectivity index (χ0n) is 9.71. The van der Waals surface area contributed by atoms with Crippen molar-refractivity contribution in [3.8, 4) is 0 Å². The summed E-state index contributed by atoms with van der Waals surface area (Å²) in [6.45, 7) is 6.36. The van der Waals surface area contributed by atoms with Crippen molar-refractivity contribution < 1.29 is 4.79 Å². The Kier molecular flexibility index (Phi) is 2.41. The molecule has 1 aliphatic rings. The molecule has 0 radical (unpaired) electrons. The van der Waals surface area contributed by atoms with E-state index in [1.807, 2.05) is 4.68 Å². The molecule has 3 heteroatoms. The van der Waals surface area contributed by atoms with Crippen molar-refractivity contribution in [2.24, 2.45) is 0 Å². The predicted molar refractivity (Wildman–Crippen MR) is 59.1 cm³/mol. The van der Waals surface area contributed by atoms with Gasteiger partial charge < -0.3 is 0 Å². The van der Waals surface area contributed by atoms with E-state index >= 15 is 0 Å². The van der Waals surface area contributed by atoms with Gasteiger partial charge in [0.05, 0.1) is 17.3 Å². The second kappa shape index (κ2) is 3.47. The third-order valence-corrected chi connectivity index (χ3v) is 2.87. The number of hydrogen-bond acceptors (Lipinski definition) is 2. The largest absolute Gasteiger partial charge is 0.294 e. The molecule has 82 valence electrons. The lowest BCUT2D eigenvalue weighted by molar-refractivity contribution is 0.0982. The Labute approximate surface area is 90.5 Å². The highest BCUT2D eigenvalue weighted by molar-refractivity contribution is 5.97. The average molecular weight is 206 g/mol. The molecule has 0 saturated carbocycles. The van der Waals surface area contributed by atoms with E-state index in [1.165, 1.54) is 0 Å². The topological polar surface area (TPSA) is 34.9 Å². The van der Waals surface area contributed by atoms with Gasteiger partial charge in [-0.1, -0.05) is 0 Å². The summed E-state index contributed by atoms with van der Waals surface area (Å²) >= 11 is 0. The van der Waals surface area contributed by atoms with Gasteiger partial charge in [0.25, 0.3) is 0 Å². The van der Waals surface area contributed by atoms with Crippen molar-refractivity contribution in [2.45, 2.75) is 52.0 Å². The van der Waals surface area contributed by atoms with E-state index in [9.17, 15) is 4.79 Å². The van der Waals surface area contributed by atoms with E-state index in [0.717, 1.165) is 30.5 Å². The number of ketones is 1. The number of nitrogens with zero attached hydrogens (tertiary/aromatic N) is 2. The van der Waals surface area contributed by atoms with Crippen molar-refractivity contribution in [3.05, 3.63) is 17.5 Å². The van der Waals surface area contributed by atoms with Crippen LogP contribution in [0.25, 0.3) is 0 Å². The molecule has 2 rings (SSSR count). The molecule has 1 aromatic rings. The number of fused-ring (bicyclic) bond motifs is 1.